The molecule has 112 valence electrons. The molecule has 2 unspecified atom stereocenters. The smallest absolute Gasteiger partial charge is 0.0585 e. The summed E-state index contributed by atoms with van der Waals surface area (Å²) < 4.78 is 1.15. The highest BCUT2D eigenvalue weighted by atomic mass is 79.9. The van der Waals surface area contributed by atoms with E-state index in [2.05, 4.69) is 84.5 Å². The zero-order valence-electron chi connectivity index (χ0n) is 13.3. The highest BCUT2D eigenvalue weighted by Gasteiger charge is 2.15. The average molecular weight is 346 g/mol. The Bertz CT molecular complexity index is 589. The summed E-state index contributed by atoms with van der Waals surface area (Å²) in [4.78, 5) is 0. The van der Waals surface area contributed by atoms with Crippen molar-refractivity contribution < 1.29 is 0 Å². The van der Waals surface area contributed by atoms with Crippen LogP contribution in [0.15, 0.2) is 46.9 Å². The van der Waals surface area contributed by atoms with Gasteiger partial charge in [0, 0.05) is 4.47 Å². The first-order valence-electron chi connectivity index (χ1n) is 7.60. The number of hydrogen-bond acceptors (Lipinski definition) is 1. The molecule has 2 aromatic rings. The molecular weight excluding hydrogens is 322 g/mol. The fraction of sp³-hybridized carbons (Fsp3) is 0.368. The molecule has 0 fully saturated rings. The van der Waals surface area contributed by atoms with E-state index < -0.39 is 0 Å². The third kappa shape index (κ3) is 3.75. The Labute approximate surface area is 136 Å². The number of rotatable bonds is 5. The maximum Gasteiger partial charge on any atom is 0.0585 e. The van der Waals surface area contributed by atoms with Crippen molar-refractivity contribution in [2.45, 2.75) is 39.2 Å². The van der Waals surface area contributed by atoms with Crippen molar-refractivity contribution in [2.24, 2.45) is 0 Å². The van der Waals surface area contributed by atoms with Crippen molar-refractivity contribution in [1.29, 1.82) is 0 Å². The van der Waals surface area contributed by atoms with Gasteiger partial charge in [-0.05, 0) is 49.1 Å². The lowest BCUT2D eigenvalue weighted by atomic mass is 9.93. The maximum atomic E-state index is 3.68. The molecule has 0 aliphatic carbocycles. The van der Waals surface area contributed by atoms with Gasteiger partial charge in [-0.3, -0.25) is 0 Å². The van der Waals surface area contributed by atoms with Gasteiger partial charge in [-0.15, -0.1) is 0 Å². The number of aryl methyl sites for hydroxylation is 1. The minimum Gasteiger partial charge on any atom is -0.309 e. The number of nitrogens with one attached hydrogen (secondary N) is 1. The number of halogens is 1. The molecule has 0 radical (unpaired) electrons. The second-order valence-electron chi connectivity index (χ2n) is 5.72. The van der Waals surface area contributed by atoms with Crippen LogP contribution in [0.2, 0.25) is 0 Å². The zero-order valence-corrected chi connectivity index (χ0v) is 14.9. The first-order valence-corrected chi connectivity index (χ1v) is 8.39. The van der Waals surface area contributed by atoms with Crippen LogP contribution in [0, 0.1) is 6.92 Å². The molecule has 0 aliphatic heterocycles. The quantitative estimate of drug-likeness (QED) is 0.745. The van der Waals surface area contributed by atoms with E-state index in [9.17, 15) is 0 Å². The van der Waals surface area contributed by atoms with Crippen molar-refractivity contribution in [3.8, 4) is 0 Å². The van der Waals surface area contributed by atoms with E-state index in [0.29, 0.717) is 5.92 Å². The molecule has 0 amide bonds. The summed E-state index contributed by atoms with van der Waals surface area (Å²) in [5.74, 6) is 0.623. The maximum absolute atomic E-state index is 3.68. The van der Waals surface area contributed by atoms with Crippen LogP contribution in [-0.4, -0.2) is 7.05 Å². The van der Waals surface area contributed by atoms with Gasteiger partial charge in [0.25, 0.3) is 0 Å². The van der Waals surface area contributed by atoms with Crippen LogP contribution in [0.5, 0.6) is 0 Å². The first kappa shape index (κ1) is 16.3. The van der Waals surface area contributed by atoms with Crippen LogP contribution in [0.25, 0.3) is 0 Å². The first-order chi connectivity index (χ1) is 10.1. The lowest BCUT2D eigenvalue weighted by Gasteiger charge is -2.20. The minimum absolute atomic E-state index is 0.213. The molecule has 0 saturated heterocycles. The minimum atomic E-state index is 0.213. The van der Waals surface area contributed by atoms with Crippen molar-refractivity contribution in [3.63, 3.8) is 0 Å². The number of benzene rings is 2. The van der Waals surface area contributed by atoms with Gasteiger partial charge in [-0.1, -0.05) is 71.7 Å². The molecule has 2 rings (SSSR count). The third-order valence-corrected chi connectivity index (χ3v) is 4.92. The van der Waals surface area contributed by atoms with Crippen molar-refractivity contribution >= 4 is 15.9 Å². The van der Waals surface area contributed by atoms with Crippen LogP contribution in [0.4, 0.5) is 0 Å². The molecule has 0 spiro atoms. The average Bonchev–Trinajstić information content (AvgIpc) is 2.51. The largest absolute Gasteiger partial charge is 0.309 e. The van der Waals surface area contributed by atoms with Crippen molar-refractivity contribution in [2.75, 3.05) is 7.05 Å². The molecule has 2 heteroatoms. The Kier molecular flexibility index (Phi) is 5.60. The Balaban J connectivity index is 2.35. The fourth-order valence-corrected chi connectivity index (χ4v) is 3.11. The summed E-state index contributed by atoms with van der Waals surface area (Å²) in [6.45, 7) is 6.65. The van der Waals surface area contributed by atoms with E-state index in [4.69, 9.17) is 0 Å². The predicted octanol–water partition coefficient (Wildman–Crippen LogP) is 5.58. The van der Waals surface area contributed by atoms with E-state index in [1.165, 1.54) is 28.7 Å². The lowest BCUT2D eigenvalue weighted by Crippen LogP contribution is -2.18. The van der Waals surface area contributed by atoms with Crippen LogP contribution >= 0.6 is 15.9 Å². The van der Waals surface area contributed by atoms with Gasteiger partial charge in [0.1, 0.15) is 0 Å². The van der Waals surface area contributed by atoms with Gasteiger partial charge >= 0.3 is 0 Å². The van der Waals surface area contributed by atoms with Gasteiger partial charge < -0.3 is 5.32 Å². The molecule has 0 heterocycles. The van der Waals surface area contributed by atoms with Gasteiger partial charge in [0.15, 0.2) is 0 Å². The second kappa shape index (κ2) is 7.24. The Morgan fingerprint density at radius 2 is 1.67 bits per heavy atom. The molecule has 0 aliphatic rings. The lowest BCUT2D eigenvalue weighted by molar-refractivity contribution is 0.685. The van der Waals surface area contributed by atoms with E-state index in [0.717, 1.165) is 4.47 Å². The van der Waals surface area contributed by atoms with Gasteiger partial charge in [-0.2, -0.15) is 0 Å². The molecule has 2 atom stereocenters. The summed E-state index contributed by atoms with van der Waals surface area (Å²) in [7, 11) is 2.02. The van der Waals surface area contributed by atoms with Crippen molar-refractivity contribution in [1.82, 2.24) is 5.32 Å². The van der Waals surface area contributed by atoms with E-state index in [1.807, 2.05) is 7.05 Å². The van der Waals surface area contributed by atoms with Crippen LogP contribution in [-0.2, 0) is 0 Å². The number of hydrogen-bond donors (Lipinski definition) is 1. The second-order valence-corrected chi connectivity index (χ2v) is 6.58. The molecule has 0 bridgehead atoms. The van der Waals surface area contributed by atoms with Gasteiger partial charge in [-0.25, -0.2) is 0 Å². The van der Waals surface area contributed by atoms with Crippen LogP contribution in [0.1, 0.15) is 54.5 Å². The Morgan fingerprint density at radius 3 is 2.24 bits per heavy atom. The molecule has 0 saturated carbocycles. The standard InChI is InChI=1S/C19H24BrN/c1-5-14(3)15-7-9-16(10-8-15)19(21-4)17-12-13(2)6-11-18(17)20/h6-12,14,19,21H,5H2,1-4H3. The van der Waals surface area contributed by atoms with Gasteiger partial charge in [0.2, 0.25) is 0 Å². The normalized spacial score (nSPS) is 14.0. The molecule has 1 nitrogen and oxygen atoms in total. The summed E-state index contributed by atoms with van der Waals surface area (Å²) in [6.07, 6.45) is 1.18. The van der Waals surface area contributed by atoms with E-state index >= 15 is 0 Å². The summed E-state index contributed by atoms with van der Waals surface area (Å²) in [5.41, 5.74) is 5.29. The highest BCUT2D eigenvalue weighted by molar-refractivity contribution is 9.10. The monoisotopic (exact) mass is 345 g/mol. The predicted molar refractivity (Wildman–Crippen MR) is 94.9 cm³/mol. The van der Waals surface area contributed by atoms with E-state index in [-0.39, 0.29) is 6.04 Å². The SMILES string of the molecule is CCC(C)c1ccc(C(NC)c2cc(C)ccc2Br)cc1. The molecule has 0 aromatic heterocycles. The highest BCUT2D eigenvalue weighted by Crippen LogP contribution is 2.30. The third-order valence-electron chi connectivity index (χ3n) is 4.20. The summed E-state index contributed by atoms with van der Waals surface area (Å²) >= 11 is 3.68. The Hall–Kier alpha value is -1.12. The van der Waals surface area contributed by atoms with E-state index in [1.54, 1.807) is 0 Å². The molecular formula is C19H24BrN. The molecule has 1 N–H and O–H groups in total. The van der Waals surface area contributed by atoms with Crippen LogP contribution in [0.3, 0.4) is 0 Å². The van der Waals surface area contributed by atoms with Gasteiger partial charge in [0.05, 0.1) is 6.04 Å². The fourth-order valence-electron chi connectivity index (χ4n) is 2.64. The molecule has 21 heavy (non-hydrogen) atoms. The van der Waals surface area contributed by atoms with Crippen LogP contribution < -0.4 is 5.32 Å². The zero-order chi connectivity index (χ0) is 15.4. The Morgan fingerprint density at radius 1 is 1.05 bits per heavy atom. The summed E-state index contributed by atoms with van der Waals surface area (Å²) in [5, 5.41) is 3.44. The topological polar surface area (TPSA) is 12.0 Å². The summed E-state index contributed by atoms with van der Waals surface area (Å²) in [6, 6.07) is 15.7. The van der Waals surface area contributed by atoms with Crippen molar-refractivity contribution in [3.05, 3.63) is 69.2 Å². The molecule has 2 aromatic carbocycles.